The van der Waals surface area contributed by atoms with E-state index in [4.69, 9.17) is 4.74 Å². The van der Waals surface area contributed by atoms with Gasteiger partial charge in [-0.3, -0.25) is 4.79 Å². The van der Waals surface area contributed by atoms with Crippen LogP contribution in [0.4, 0.5) is 13.2 Å². The molecule has 0 aliphatic carbocycles. The summed E-state index contributed by atoms with van der Waals surface area (Å²) in [6.45, 7) is 0.582. The molecule has 0 aliphatic heterocycles. The van der Waals surface area contributed by atoms with Gasteiger partial charge in [0.25, 0.3) is 0 Å². The first-order valence-corrected chi connectivity index (χ1v) is 9.70. The number of hydrogen-bond donors (Lipinski definition) is 2. The number of halogens is 4. The molecule has 2 rings (SSSR count). The normalized spacial score (nSPS) is 11.4. The van der Waals surface area contributed by atoms with Gasteiger partial charge >= 0.3 is 6.18 Å². The van der Waals surface area contributed by atoms with E-state index in [1.54, 1.807) is 27.3 Å². The van der Waals surface area contributed by atoms with Crippen LogP contribution in [0.25, 0.3) is 0 Å². The number of nitrogens with zero attached hydrogens (tertiary/aromatic N) is 2. The highest BCUT2D eigenvalue weighted by atomic mass is 127. The summed E-state index contributed by atoms with van der Waals surface area (Å²) < 4.78 is 43.9. The number of alkyl halides is 3. The molecule has 0 aromatic heterocycles. The Morgan fingerprint density at radius 2 is 1.75 bits per heavy atom. The molecule has 0 bridgehead atoms. The van der Waals surface area contributed by atoms with Crippen LogP contribution in [0.15, 0.2) is 53.5 Å². The predicted molar refractivity (Wildman–Crippen MR) is 129 cm³/mol. The molecule has 0 fully saturated rings. The SMILES string of the molecule is COc1ccc(CCNC(=NCc2cccc(C(F)(F)F)c2)NCC(=O)N(C)C)cc1.I. The highest BCUT2D eigenvalue weighted by molar-refractivity contribution is 14.0. The summed E-state index contributed by atoms with van der Waals surface area (Å²) in [5.41, 5.74) is 0.782. The van der Waals surface area contributed by atoms with E-state index in [1.165, 1.54) is 11.0 Å². The smallest absolute Gasteiger partial charge is 0.416 e. The summed E-state index contributed by atoms with van der Waals surface area (Å²) in [4.78, 5) is 17.7. The van der Waals surface area contributed by atoms with E-state index in [2.05, 4.69) is 15.6 Å². The Balaban J connectivity index is 0.00000512. The topological polar surface area (TPSA) is 66.0 Å². The van der Waals surface area contributed by atoms with Gasteiger partial charge in [-0.05, 0) is 41.8 Å². The van der Waals surface area contributed by atoms with Gasteiger partial charge in [-0.1, -0.05) is 24.3 Å². The van der Waals surface area contributed by atoms with Crippen LogP contribution < -0.4 is 15.4 Å². The van der Waals surface area contributed by atoms with Crippen LogP contribution in [0, 0.1) is 0 Å². The lowest BCUT2D eigenvalue weighted by Crippen LogP contribution is -2.43. The number of carbonyl (C=O) groups is 1. The minimum atomic E-state index is -4.41. The molecule has 176 valence electrons. The van der Waals surface area contributed by atoms with Gasteiger partial charge in [0.05, 0.1) is 25.8 Å². The molecule has 0 unspecified atom stereocenters. The van der Waals surface area contributed by atoms with Crippen molar-refractivity contribution in [3.8, 4) is 5.75 Å². The Morgan fingerprint density at radius 3 is 2.34 bits per heavy atom. The second kappa shape index (κ2) is 13.1. The maximum absolute atomic E-state index is 12.9. The van der Waals surface area contributed by atoms with Gasteiger partial charge in [-0.25, -0.2) is 4.99 Å². The third kappa shape index (κ3) is 9.33. The Hall–Kier alpha value is -2.50. The largest absolute Gasteiger partial charge is 0.497 e. The molecule has 2 aromatic rings. The van der Waals surface area contributed by atoms with Crippen molar-refractivity contribution >= 4 is 35.8 Å². The Morgan fingerprint density at radius 1 is 1.06 bits per heavy atom. The fraction of sp³-hybridized carbons (Fsp3) is 0.364. The van der Waals surface area contributed by atoms with Crippen molar-refractivity contribution in [1.82, 2.24) is 15.5 Å². The van der Waals surface area contributed by atoms with Crippen molar-refractivity contribution in [3.63, 3.8) is 0 Å². The molecule has 0 radical (unpaired) electrons. The molecular formula is C22H28F3IN4O2. The fourth-order valence-electron chi connectivity index (χ4n) is 2.63. The molecule has 1 amide bonds. The van der Waals surface area contributed by atoms with E-state index in [-0.39, 0.29) is 43.0 Å². The fourth-order valence-corrected chi connectivity index (χ4v) is 2.63. The van der Waals surface area contributed by atoms with Gasteiger partial charge in [-0.15, -0.1) is 24.0 Å². The number of ether oxygens (including phenoxy) is 1. The van der Waals surface area contributed by atoms with E-state index in [9.17, 15) is 18.0 Å². The van der Waals surface area contributed by atoms with Crippen LogP contribution in [0.5, 0.6) is 5.75 Å². The Bertz CT molecular complexity index is 887. The van der Waals surface area contributed by atoms with Crippen LogP contribution >= 0.6 is 24.0 Å². The van der Waals surface area contributed by atoms with Crippen LogP contribution in [0.1, 0.15) is 16.7 Å². The zero-order valence-electron chi connectivity index (χ0n) is 18.2. The van der Waals surface area contributed by atoms with Crippen LogP contribution in [0.3, 0.4) is 0 Å². The van der Waals surface area contributed by atoms with E-state index < -0.39 is 11.7 Å². The first-order valence-electron chi connectivity index (χ1n) is 9.70. The van der Waals surface area contributed by atoms with Gasteiger partial charge in [0, 0.05) is 20.6 Å². The first-order chi connectivity index (χ1) is 14.7. The number of benzene rings is 2. The highest BCUT2D eigenvalue weighted by Gasteiger charge is 2.30. The zero-order chi connectivity index (χ0) is 22.9. The van der Waals surface area contributed by atoms with Gasteiger partial charge in [-0.2, -0.15) is 13.2 Å². The molecule has 0 aliphatic rings. The summed E-state index contributed by atoms with van der Waals surface area (Å²) in [6.07, 6.45) is -3.72. The maximum Gasteiger partial charge on any atom is 0.416 e. The van der Waals surface area contributed by atoms with Gasteiger partial charge in [0.1, 0.15) is 5.75 Å². The average molecular weight is 564 g/mol. The number of rotatable bonds is 8. The summed E-state index contributed by atoms with van der Waals surface area (Å²) in [7, 11) is 4.88. The minimum absolute atomic E-state index is 0. The maximum atomic E-state index is 12.9. The summed E-state index contributed by atoms with van der Waals surface area (Å²) >= 11 is 0. The second-order valence-corrected chi connectivity index (χ2v) is 7.03. The second-order valence-electron chi connectivity index (χ2n) is 7.03. The standard InChI is InChI=1S/C22H27F3N4O2.HI/c1-29(2)20(30)15-28-21(26-12-11-16-7-9-19(31-3)10-8-16)27-14-17-5-4-6-18(13-17)22(23,24)25;/h4-10,13H,11-12,14-15H2,1-3H3,(H2,26,27,28);1H. The van der Waals surface area contributed by atoms with Crippen molar-refractivity contribution < 1.29 is 22.7 Å². The Kier molecular flexibility index (Phi) is 11.3. The molecule has 0 saturated carbocycles. The van der Waals surface area contributed by atoms with E-state index >= 15 is 0 Å². The molecule has 10 heteroatoms. The molecule has 2 aromatic carbocycles. The third-order valence-electron chi connectivity index (χ3n) is 4.45. The lowest BCUT2D eigenvalue weighted by Gasteiger charge is -2.15. The van der Waals surface area contributed by atoms with Crippen molar-refractivity contribution in [2.45, 2.75) is 19.1 Å². The highest BCUT2D eigenvalue weighted by Crippen LogP contribution is 2.29. The minimum Gasteiger partial charge on any atom is -0.497 e. The lowest BCUT2D eigenvalue weighted by molar-refractivity contribution is -0.137. The number of carbonyl (C=O) groups excluding carboxylic acids is 1. The van der Waals surface area contributed by atoms with Crippen LogP contribution in [-0.2, 0) is 23.9 Å². The lowest BCUT2D eigenvalue weighted by atomic mass is 10.1. The molecule has 0 atom stereocenters. The molecular weight excluding hydrogens is 536 g/mol. The number of guanidine groups is 1. The quantitative estimate of drug-likeness (QED) is 0.292. The predicted octanol–water partition coefficient (Wildman–Crippen LogP) is 3.70. The van der Waals surface area contributed by atoms with Gasteiger partial charge < -0.3 is 20.3 Å². The molecule has 0 spiro atoms. The number of nitrogens with one attached hydrogen (secondary N) is 2. The Labute approximate surface area is 203 Å². The first kappa shape index (κ1) is 27.5. The van der Waals surface area contributed by atoms with Crippen molar-refractivity contribution in [2.75, 3.05) is 34.3 Å². The van der Waals surface area contributed by atoms with Gasteiger partial charge in [0.15, 0.2) is 5.96 Å². The van der Waals surface area contributed by atoms with Crippen molar-refractivity contribution in [3.05, 3.63) is 65.2 Å². The molecule has 2 N–H and O–H groups in total. The average Bonchev–Trinajstić information content (AvgIpc) is 2.75. The molecule has 6 nitrogen and oxygen atoms in total. The summed E-state index contributed by atoms with van der Waals surface area (Å²) in [5, 5.41) is 6.05. The van der Waals surface area contributed by atoms with Crippen molar-refractivity contribution in [2.24, 2.45) is 4.99 Å². The summed E-state index contributed by atoms with van der Waals surface area (Å²) in [5.74, 6) is 0.966. The number of likely N-dealkylation sites (N-methyl/N-ethyl adjacent to an activating group) is 1. The number of methoxy groups -OCH3 is 1. The van der Waals surface area contributed by atoms with Crippen molar-refractivity contribution in [1.29, 1.82) is 0 Å². The monoisotopic (exact) mass is 564 g/mol. The van der Waals surface area contributed by atoms with E-state index in [0.29, 0.717) is 24.5 Å². The number of aliphatic imine (C=N–C) groups is 1. The number of amides is 1. The van der Waals surface area contributed by atoms with E-state index in [0.717, 1.165) is 23.4 Å². The summed E-state index contributed by atoms with van der Waals surface area (Å²) in [6, 6.07) is 12.7. The molecule has 0 saturated heterocycles. The zero-order valence-corrected chi connectivity index (χ0v) is 20.5. The van der Waals surface area contributed by atoms with Crippen LogP contribution in [-0.4, -0.2) is 51.1 Å². The number of hydrogen-bond acceptors (Lipinski definition) is 3. The van der Waals surface area contributed by atoms with Gasteiger partial charge in [0.2, 0.25) is 5.91 Å². The van der Waals surface area contributed by atoms with E-state index in [1.807, 2.05) is 24.3 Å². The molecule has 32 heavy (non-hydrogen) atoms. The third-order valence-corrected chi connectivity index (χ3v) is 4.45. The molecule has 0 heterocycles. The van der Waals surface area contributed by atoms with Crippen LogP contribution in [0.2, 0.25) is 0 Å².